The van der Waals surface area contributed by atoms with E-state index < -0.39 is 5.97 Å². The Kier molecular flexibility index (Phi) is 6.85. The van der Waals surface area contributed by atoms with Gasteiger partial charge in [-0.2, -0.15) is 0 Å². The van der Waals surface area contributed by atoms with E-state index >= 15 is 0 Å². The van der Waals surface area contributed by atoms with E-state index in [2.05, 4.69) is 12.6 Å². The molecule has 0 spiro atoms. The van der Waals surface area contributed by atoms with Gasteiger partial charge >= 0.3 is 5.97 Å². The second kappa shape index (κ2) is 7.16. The molecule has 0 unspecified atom stereocenters. The molecule has 0 fully saturated rings. The third-order valence-corrected chi connectivity index (χ3v) is 1.75. The van der Waals surface area contributed by atoms with E-state index in [-0.39, 0.29) is 11.5 Å². The molecule has 0 bridgehead atoms. The number of hydrogen-bond acceptors (Lipinski definition) is 2. The molecule has 0 aromatic heterocycles. The van der Waals surface area contributed by atoms with Gasteiger partial charge in [0.1, 0.15) is 0 Å². The molecule has 0 aliphatic heterocycles. The maximum Gasteiger partial charge on any atom is 0.303 e. The number of hydrogen-bond donors (Lipinski definition) is 2. The Hall–Kier alpha value is -0.510. The van der Waals surface area contributed by atoms with Gasteiger partial charge in [0, 0.05) is 12.8 Å². The van der Waals surface area contributed by atoms with Crippen molar-refractivity contribution in [3.8, 4) is 0 Å². The monoisotopic (exact) mass is 190 g/mol. The van der Waals surface area contributed by atoms with Crippen LogP contribution in [-0.2, 0) is 9.59 Å². The quantitative estimate of drug-likeness (QED) is 0.476. The molecule has 0 atom stereocenters. The van der Waals surface area contributed by atoms with Crippen LogP contribution in [0.1, 0.15) is 38.5 Å². The predicted molar refractivity (Wildman–Crippen MR) is 49.3 cm³/mol. The van der Waals surface area contributed by atoms with E-state index in [1.54, 1.807) is 0 Å². The summed E-state index contributed by atoms with van der Waals surface area (Å²) in [6.45, 7) is 0. The highest BCUT2D eigenvalue weighted by Crippen LogP contribution is 2.06. The highest BCUT2D eigenvalue weighted by atomic mass is 32.1. The van der Waals surface area contributed by atoms with Gasteiger partial charge in [0.15, 0.2) is 5.12 Å². The Morgan fingerprint density at radius 1 is 1.00 bits per heavy atom. The van der Waals surface area contributed by atoms with Crippen molar-refractivity contribution in [2.75, 3.05) is 0 Å². The smallest absolute Gasteiger partial charge is 0.303 e. The molecule has 0 aliphatic rings. The van der Waals surface area contributed by atoms with Crippen molar-refractivity contribution in [3.05, 3.63) is 0 Å². The van der Waals surface area contributed by atoms with E-state index in [1.165, 1.54) is 0 Å². The van der Waals surface area contributed by atoms with Crippen LogP contribution < -0.4 is 0 Å². The number of carbonyl (C=O) groups excluding carboxylic acids is 1. The zero-order valence-corrected chi connectivity index (χ0v) is 7.85. The largest absolute Gasteiger partial charge is 0.481 e. The van der Waals surface area contributed by atoms with Crippen LogP contribution in [0.2, 0.25) is 0 Å². The second-order valence-corrected chi connectivity index (χ2v) is 3.20. The first-order valence-electron chi connectivity index (χ1n) is 4.06. The normalized spacial score (nSPS) is 9.75. The molecule has 0 saturated carbocycles. The van der Waals surface area contributed by atoms with Crippen molar-refractivity contribution >= 4 is 23.7 Å². The van der Waals surface area contributed by atoms with Crippen molar-refractivity contribution in [1.82, 2.24) is 0 Å². The lowest BCUT2D eigenvalue weighted by Gasteiger charge is -1.96. The third kappa shape index (κ3) is 9.49. The van der Waals surface area contributed by atoms with Crippen LogP contribution in [0.3, 0.4) is 0 Å². The molecule has 3 nitrogen and oxygen atoms in total. The van der Waals surface area contributed by atoms with Crippen LogP contribution in [0.15, 0.2) is 0 Å². The van der Waals surface area contributed by atoms with Gasteiger partial charge in [-0.25, -0.2) is 0 Å². The molecular weight excluding hydrogens is 176 g/mol. The minimum absolute atomic E-state index is 0.0896. The average Bonchev–Trinajstić information content (AvgIpc) is 1.95. The zero-order valence-electron chi connectivity index (χ0n) is 6.95. The number of aliphatic carboxylic acids is 1. The minimum Gasteiger partial charge on any atom is -0.481 e. The lowest BCUT2D eigenvalue weighted by atomic mass is 10.1. The van der Waals surface area contributed by atoms with Crippen LogP contribution in [0.4, 0.5) is 0 Å². The Labute approximate surface area is 77.6 Å². The van der Waals surface area contributed by atoms with Crippen molar-refractivity contribution in [2.45, 2.75) is 38.5 Å². The van der Waals surface area contributed by atoms with E-state index in [4.69, 9.17) is 5.11 Å². The fourth-order valence-corrected chi connectivity index (χ4v) is 1.06. The summed E-state index contributed by atoms with van der Waals surface area (Å²) in [5, 5.41) is 8.20. The first kappa shape index (κ1) is 11.5. The number of carboxylic acids is 1. The SMILES string of the molecule is O=C(O)CCCCCCC(=O)S. The lowest BCUT2D eigenvalue weighted by molar-refractivity contribution is -0.137. The first-order valence-corrected chi connectivity index (χ1v) is 4.51. The molecule has 0 saturated heterocycles. The summed E-state index contributed by atoms with van der Waals surface area (Å²) in [7, 11) is 0. The molecule has 0 radical (unpaired) electrons. The van der Waals surface area contributed by atoms with Crippen LogP contribution >= 0.6 is 12.6 Å². The number of carbonyl (C=O) groups is 2. The van der Waals surface area contributed by atoms with E-state index in [0.717, 1.165) is 19.3 Å². The second-order valence-electron chi connectivity index (χ2n) is 2.70. The van der Waals surface area contributed by atoms with Gasteiger partial charge in [0.05, 0.1) is 0 Å². The topological polar surface area (TPSA) is 54.4 Å². The molecule has 0 amide bonds. The van der Waals surface area contributed by atoms with E-state index in [1.807, 2.05) is 0 Å². The van der Waals surface area contributed by atoms with Gasteiger partial charge < -0.3 is 5.11 Å². The number of rotatable bonds is 7. The Morgan fingerprint density at radius 2 is 1.50 bits per heavy atom. The summed E-state index contributed by atoms with van der Waals surface area (Å²) in [6.07, 6.45) is 4.05. The van der Waals surface area contributed by atoms with Gasteiger partial charge in [-0.3, -0.25) is 9.59 Å². The van der Waals surface area contributed by atoms with Crippen LogP contribution in [0.5, 0.6) is 0 Å². The van der Waals surface area contributed by atoms with Gasteiger partial charge in [-0.15, -0.1) is 12.6 Å². The highest BCUT2D eigenvalue weighted by molar-refractivity contribution is 7.96. The van der Waals surface area contributed by atoms with Crippen molar-refractivity contribution in [2.24, 2.45) is 0 Å². The standard InChI is InChI=1S/C8H14O3S/c9-7(10)5-3-1-2-4-6-8(11)12/h1-6H2,(H,9,10)(H,11,12). The molecule has 12 heavy (non-hydrogen) atoms. The molecule has 0 aliphatic carbocycles. The predicted octanol–water partition coefficient (Wildman–Crippen LogP) is 1.87. The van der Waals surface area contributed by atoms with Crippen molar-refractivity contribution in [3.63, 3.8) is 0 Å². The summed E-state index contributed by atoms with van der Waals surface area (Å²) >= 11 is 3.62. The average molecular weight is 190 g/mol. The van der Waals surface area contributed by atoms with Gasteiger partial charge in [-0.1, -0.05) is 12.8 Å². The molecule has 70 valence electrons. The highest BCUT2D eigenvalue weighted by Gasteiger charge is 1.97. The number of unbranched alkanes of at least 4 members (excludes halogenated alkanes) is 3. The summed E-state index contributed by atoms with van der Waals surface area (Å²) in [6, 6.07) is 0. The van der Waals surface area contributed by atoms with Gasteiger partial charge in [-0.05, 0) is 12.8 Å². The van der Waals surface area contributed by atoms with Gasteiger partial charge in [0.25, 0.3) is 0 Å². The summed E-state index contributed by atoms with van der Waals surface area (Å²) in [5.74, 6) is -0.750. The van der Waals surface area contributed by atoms with Crippen LogP contribution in [-0.4, -0.2) is 16.2 Å². The van der Waals surface area contributed by atoms with E-state index in [0.29, 0.717) is 12.8 Å². The van der Waals surface area contributed by atoms with E-state index in [9.17, 15) is 9.59 Å². The third-order valence-electron chi connectivity index (χ3n) is 1.53. The molecule has 0 heterocycles. The van der Waals surface area contributed by atoms with Crippen molar-refractivity contribution in [1.29, 1.82) is 0 Å². The Bertz CT molecular complexity index is 138. The minimum atomic E-state index is -0.750. The molecule has 0 rings (SSSR count). The summed E-state index contributed by atoms with van der Waals surface area (Å²) in [4.78, 5) is 20.4. The zero-order chi connectivity index (χ0) is 9.40. The fourth-order valence-electron chi connectivity index (χ4n) is 0.906. The summed E-state index contributed by atoms with van der Waals surface area (Å²) < 4.78 is 0. The number of thiol groups is 1. The Balaban J connectivity index is 3.01. The lowest BCUT2D eigenvalue weighted by Crippen LogP contribution is -1.93. The van der Waals surface area contributed by atoms with Crippen LogP contribution in [0.25, 0.3) is 0 Å². The maximum absolute atomic E-state index is 10.4. The molecule has 0 aromatic rings. The maximum atomic E-state index is 10.4. The van der Waals surface area contributed by atoms with Crippen molar-refractivity contribution < 1.29 is 14.7 Å². The fraction of sp³-hybridized carbons (Fsp3) is 0.750. The van der Waals surface area contributed by atoms with Crippen LogP contribution in [0, 0.1) is 0 Å². The van der Waals surface area contributed by atoms with Gasteiger partial charge in [0.2, 0.25) is 0 Å². The molecule has 4 heteroatoms. The molecule has 1 N–H and O–H groups in total. The Morgan fingerprint density at radius 3 is 1.92 bits per heavy atom. The molecule has 0 aromatic carbocycles. The molecular formula is C8H14O3S. The summed E-state index contributed by atoms with van der Waals surface area (Å²) in [5.41, 5.74) is 0. The first-order chi connectivity index (χ1) is 5.63. The number of carboxylic acid groups (broad SMARTS) is 1.